The van der Waals surface area contributed by atoms with Crippen molar-refractivity contribution in [2.45, 2.75) is 18.9 Å². The molecule has 1 atom stereocenters. The van der Waals surface area contributed by atoms with Crippen molar-refractivity contribution in [2.24, 2.45) is 5.84 Å². The Hall–Kier alpha value is -1.23. The minimum absolute atomic E-state index is 0.105. The molecule has 0 fully saturated rings. The number of fused-ring (bicyclic) bond motifs is 1. The minimum Gasteiger partial charge on any atom is -0.271 e. The summed E-state index contributed by atoms with van der Waals surface area (Å²) in [5.74, 6) is 5.34. The van der Waals surface area contributed by atoms with Gasteiger partial charge < -0.3 is 0 Å². The second-order valence-corrected chi connectivity index (χ2v) is 5.03. The first-order chi connectivity index (χ1) is 8.24. The number of rotatable bonds is 5. The van der Waals surface area contributed by atoms with Crippen LogP contribution in [-0.2, 0) is 0 Å². The molecule has 0 saturated heterocycles. The van der Waals surface area contributed by atoms with Crippen molar-refractivity contribution in [3.8, 4) is 0 Å². The van der Waals surface area contributed by atoms with Crippen LogP contribution in [0.2, 0.25) is 0 Å². The third-order valence-electron chi connectivity index (χ3n) is 2.70. The molecule has 1 heterocycles. The topological polar surface area (TPSA) is 38.0 Å². The second-order valence-electron chi connectivity index (χ2n) is 3.92. The van der Waals surface area contributed by atoms with Crippen LogP contribution in [0.15, 0.2) is 36.9 Å². The van der Waals surface area contributed by atoms with E-state index in [4.69, 9.17) is 5.84 Å². The highest BCUT2D eigenvalue weighted by Crippen LogP contribution is 2.31. The Kier molecular flexibility index (Phi) is 3.89. The zero-order valence-corrected chi connectivity index (χ0v) is 10.3. The third-order valence-corrected chi connectivity index (χ3v) is 3.93. The van der Waals surface area contributed by atoms with E-state index in [1.165, 1.54) is 6.07 Å². The molecule has 0 aliphatic rings. The smallest absolute Gasteiger partial charge is 0.123 e. The zero-order valence-electron chi connectivity index (χ0n) is 9.45. The number of thiophene rings is 1. The molecule has 0 aliphatic heterocycles. The van der Waals surface area contributed by atoms with Gasteiger partial charge in [0.05, 0.1) is 6.04 Å². The number of hydrazine groups is 1. The summed E-state index contributed by atoms with van der Waals surface area (Å²) in [6, 6.07) is 6.94. The molecule has 3 N–H and O–H groups in total. The molecule has 0 saturated carbocycles. The normalized spacial score (nSPS) is 12.8. The Morgan fingerprint density at radius 3 is 3.00 bits per heavy atom. The van der Waals surface area contributed by atoms with Crippen molar-refractivity contribution in [3.05, 3.63) is 47.6 Å². The van der Waals surface area contributed by atoms with Gasteiger partial charge in [-0.05, 0) is 42.5 Å². The Bertz CT molecular complexity index is 521. The fourth-order valence-electron chi connectivity index (χ4n) is 1.80. The van der Waals surface area contributed by atoms with Crippen LogP contribution in [0.3, 0.4) is 0 Å². The van der Waals surface area contributed by atoms with Crippen LogP contribution in [0.25, 0.3) is 10.1 Å². The molecule has 0 radical (unpaired) electrons. The summed E-state index contributed by atoms with van der Waals surface area (Å²) in [5.41, 5.74) is 2.80. The lowest BCUT2D eigenvalue weighted by Crippen LogP contribution is -2.27. The van der Waals surface area contributed by atoms with Crippen molar-refractivity contribution in [2.75, 3.05) is 0 Å². The van der Waals surface area contributed by atoms with Gasteiger partial charge in [-0.25, -0.2) is 4.39 Å². The van der Waals surface area contributed by atoms with E-state index >= 15 is 0 Å². The molecule has 2 aromatic rings. The summed E-state index contributed by atoms with van der Waals surface area (Å²) in [7, 11) is 0. The molecule has 0 amide bonds. The summed E-state index contributed by atoms with van der Waals surface area (Å²) in [6.07, 6.45) is 3.67. The predicted octanol–water partition coefficient (Wildman–Crippen LogP) is 3.51. The monoisotopic (exact) mass is 250 g/mol. The molecule has 17 heavy (non-hydrogen) atoms. The lowest BCUT2D eigenvalue weighted by Gasteiger charge is -2.12. The molecule has 0 aliphatic carbocycles. The maximum Gasteiger partial charge on any atom is 0.123 e. The van der Waals surface area contributed by atoms with Crippen LogP contribution < -0.4 is 11.3 Å². The lowest BCUT2D eigenvalue weighted by molar-refractivity contribution is 0.529. The van der Waals surface area contributed by atoms with Gasteiger partial charge in [0, 0.05) is 9.58 Å². The average Bonchev–Trinajstić information content (AvgIpc) is 2.72. The SMILES string of the molecule is C=CCCC(NN)c1cc2cc(F)ccc2s1. The number of nitrogens with two attached hydrogens (primary N) is 1. The van der Waals surface area contributed by atoms with E-state index in [0.717, 1.165) is 27.8 Å². The van der Waals surface area contributed by atoms with Crippen LogP contribution in [0.1, 0.15) is 23.8 Å². The molecule has 1 aromatic heterocycles. The predicted molar refractivity (Wildman–Crippen MR) is 71.3 cm³/mol. The molecular weight excluding hydrogens is 235 g/mol. The van der Waals surface area contributed by atoms with Gasteiger partial charge in [0.25, 0.3) is 0 Å². The number of halogens is 1. The van der Waals surface area contributed by atoms with E-state index in [2.05, 4.69) is 12.0 Å². The van der Waals surface area contributed by atoms with Gasteiger partial charge in [-0.1, -0.05) is 6.08 Å². The molecule has 0 bridgehead atoms. The third kappa shape index (κ3) is 2.72. The van der Waals surface area contributed by atoms with Gasteiger partial charge in [0.15, 0.2) is 0 Å². The summed E-state index contributed by atoms with van der Waals surface area (Å²) >= 11 is 1.65. The summed E-state index contributed by atoms with van der Waals surface area (Å²) in [4.78, 5) is 1.13. The zero-order chi connectivity index (χ0) is 12.3. The summed E-state index contributed by atoms with van der Waals surface area (Å²) in [6.45, 7) is 3.70. The highest BCUT2D eigenvalue weighted by atomic mass is 32.1. The highest BCUT2D eigenvalue weighted by molar-refractivity contribution is 7.19. The highest BCUT2D eigenvalue weighted by Gasteiger charge is 2.12. The summed E-state index contributed by atoms with van der Waals surface area (Å²) in [5, 5.41) is 0.934. The minimum atomic E-state index is -0.204. The Balaban J connectivity index is 2.30. The van der Waals surface area contributed by atoms with Gasteiger partial charge in [0.2, 0.25) is 0 Å². The van der Waals surface area contributed by atoms with Crippen molar-refractivity contribution in [1.29, 1.82) is 0 Å². The van der Waals surface area contributed by atoms with Crippen LogP contribution in [-0.4, -0.2) is 0 Å². The molecule has 90 valence electrons. The number of nitrogens with one attached hydrogen (secondary N) is 1. The molecule has 2 nitrogen and oxygen atoms in total. The number of allylic oxidation sites excluding steroid dienone is 1. The molecule has 4 heteroatoms. The lowest BCUT2D eigenvalue weighted by atomic mass is 10.1. The van der Waals surface area contributed by atoms with E-state index in [0.29, 0.717) is 0 Å². The van der Waals surface area contributed by atoms with Crippen molar-refractivity contribution >= 4 is 21.4 Å². The molecular formula is C13H15FN2S. The van der Waals surface area contributed by atoms with E-state index in [1.54, 1.807) is 23.5 Å². The summed E-state index contributed by atoms with van der Waals surface area (Å²) < 4.78 is 14.2. The van der Waals surface area contributed by atoms with E-state index in [-0.39, 0.29) is 11.9 Å². The van der Waals surface area contributed by atoms with Gasteiger partial charge in [-0.3, -0.25) is 11.3 Å². The van der Waals surface area contributed by atoms with Crippen molar-refractivity contribution in [1.82, 2.24) is 5.43 Å². The molecule has 0 spiro atoms. The van der Waals surface area contributed by atoms with Crippen molar-refractivity contribution < 1.29 is 4.39 Å². The first-order valence-corrected chi connectivity index (χ1v) is 6.32. The number of benzene rings is 1. The van der Waals surface area contributed by atoms with Crippen LogP contribution in [0.5, 0.6) is 0 Å². The van der Waals surface area contributed by atoms with Gasteiger partial charge in [0.1, 0.15) is 5.82 Å². The molecule has 1 aromatic carbocycles. The number of hydrogen-bond donors (Lipinski definition) is 2. The first-order valence-electron chi connectivity index (χ1n) is 5.50. The fraction of sp³-hybridized carbons (Fsp3) is 0.231. The number of hydrogen-bond acceptors (Lipinski definition) is 3. The Labute approximate surface area is 104 Å². The second kappa shape index (κ2) is 5.40. The standard InChI is InChI=1S/C13H15FN2S/c1-2-3-4-11(16-15)13-8-9-7-10(14)5-6-12(9)17-13/h2,5-8,11,16H,1,3-4,15H2. The fourth-order valence-corrected chi connectivity index (χ4v) is 2.94. The van der Waals surface area contributed by atoms with Crippen LogP contribution >= 0.6 is 11.3 Å². The first kappa shape index (κ1) is 12.2. The Morgan fingerprint density at radius 2 is 2.29 bits per heavy atom. The molecule has 1 unspecified atom stereocenters. The van der Waals surface area contributed by atoms with Gasteiger partial charge >= 0.3 is 0 Å². The van der Waals surface area contributed by atoms with E-state index < -0.39 is 0 Å². The maximum absolute atomic E-state index is 13.1. The van der Waals surface area contributed by atoms with Gasteiger partial charge in [-0.15, -0.1) is 17.9 Å². The average molecular weight is 250 g/mol. The van der Waals surface area contributed by atoms with Crippen LogP contribution in [0, 0.1) is 5.82 Å². The maximum atomic E-state index is 13.1. The van der Waals surface area contributed by atoms with E-state index in [9.17, 15) is 4.39 Å². The van der Waals surface area contributed by atoms with Crippen LogP contribution in [0.4, 0.5) is 4.39 Å². The Morgan fingerprint density at radius 1 is 1.47 bits per heavy atom. The largest absolute Gasteiger partial charge is 0.271 e. The van der Waals surface area contributed by atoms with Gasteiger partial charge in [-0.2, -0.15) is 0 Å². The van der Waals surface area contributed by atoms with E-state index in [1.807, 2.05) is 12.1 Å². The molecule has 2 rings (SSSR count). The van der Waals surface area contributed by atoms with Crippen molar-refractivity contribution in [3.63, 3.8) is 0 Å². The quantitative estimate of drug-likeness (QED) is 0.484.